The molecule has 0 aliphatic heterocycles. The first-order valence-electron chi connectivity index (χ1n) is 42.5. The van der Waals surface area contributed by atoms with Gasteiger partial charge >= 0.3 is 0 Å². The largest absolute Gasteiger partial charge is 0.390 e. The Morgan fingerprint density at radius 1 is 0.468 bits per heavy atom. The van der Waals surface area contributed by atoms with Crippen molar-refractivity contribution in [3.63, 3.8) is 0 Å². The number of nitrogens with zero attached hydrogens (tertiary/aromatic N) is 8. The predicted molar refractivity (Wildman–Crippen MR) is 428 cm³/mol. The van der Waals surface area contributed by atoms with Crippen LogP contribution in [-0.4, -0.2) is 141 Å². The summed E-state index contributed by atoms with van der Waals surface area (Å²) < 4.78 is 21.0. The molecule has 19 heteroatoms. The zero-order valence-corrected chi connectivity index (χ0v) is 69.4. The second kappa shape index (κ2) is 30.4. The predicted octanol–water partition coefficient (Wildman–Crippen LogP) is 16.8. The molecule has 0 amide bonds. The summed E-state index contributed by atoms with van der Waals surface area (Å²) in [6, 6.07) is 5.82. The lowest BCUT2D eigenvalue weighted by Crippen LogP contribution is -2.59. The van der Waals surface area contributed by atoms with Crippen LogP contribution in [-0.2, 0) is 41.7 Å². The van der Waals surface area contributed by atoms with Gasteiger partial charge in [0.1, 0.15) is 17.8 Å². The number of halogens is 1. The van der Waals surface area contributed by atoms with Crippen LogP contribution in [0.2, 0.25) is 0 Å². The Labute approximate surface area is 656 Å². The van der Waals surface area contributed by atoms with Crippen molar-refractivity contribution in [3.8, 4) is 0 Å². The number of carbonyl (C=O) groups excluding carboxylic acids is 3. The topological polar surface area (TPSA) is 243 Å². The van der Waals surface area contributed by atoms with Crippen molar-refractivity contribution in [2.24, 2.45) is 139 Å². The number of fused-ring (bicyclic) bond motifs is 18. The summed E-state index contributed by atoms with van der Waals surface area (Å²) in [5.41, 5.74) is 2.41. The lowest BCUT2D eigenvalue weighted by atomic mass is 9.42. The summed E-state index contributed by atoms with van der Waals surface area (Å²) in [4.78, 5) is 52.6. The highest BCUT2D eigenvalue weighted by atomic mass is 79.9. The number of aliphatic hydroxyl groups is 3. The number of hydrogen-bond donors (Lipinski definition) is 4. The normalized spacial score (nSPS) is 43.7. The van der Waals surface area contributed by atoms with E-state index in [9.17, 15) is 29.7 Å². The van der Waals surface area contributed by atoms with Crippen LogP contribution in [0.25, 0.3) is 32.7 Å². The van der Waals surface area contributed by atoms with E-state index in [0.29, 0.717) is 135 Å². The molecular formula is C90H130BrN9O9. The molecule has 12 saturated carbocycles. The van der Waals surface area contributed by atoms with Gasteiger partial charge in [-0.1, -0.05) is 57.5 Å². The zero-order chi connectivity index (χ0) is 77.0. The molecule has 6 aromatic heterocycles. The number of nitrogens with one attached hydrogen (secondary N) is 1. The highest BCUT2D eigenvalue weighted by Gasteiger charge is 2.68. The van der Waals surface area contributed by atoms with Gasteiger partial charge < -0.3 is 29.5 Å². The first-order chi connectivity index (χ1) is 51.9. The Bertz CT molecular complexity index is 4160. The van der Waals surface area contributed by atoms with Crippen LogP contribution in [0.5, 0.6) is 0 Å². The average molecular weight is 1560 g/mol. The quantitative estimate of drug-likeness (QED) is 0.0741. The minimum atomic E-state index is -0.533. The molecule has 27 atom stereocenters. The number of H-pyrrole nitrogens is 1. The highest BCUT2D eigenvalue weighted by Crippen LogP contribution is 2.73. The Balaban J connectivity index is 0.000000123. The lowest BCUT2D eigenvalue weighted by Gasteiger charge is -2.64. The molecule has 0 radical (unpaired) electrons. The van der Waals surface area contributed by atoms with Crippen LogP contribution in [0.15, 0.2) is 74.0 Å². The van der Waals surface area contributed by atoms with E-state index in [1.807, 2.05) is 88.3 Å². The van der Waals surface area contributed by atoms with E-state index in [2.05, 4.69) is 92.8 Å². The Morgan fingerprint density at radius 2 is 0.872 bits per heavy atom. The van der Waals surface area contributed by atoms with E-state index >= 15 is 0 Å². The molecule has 18 rings (SSSR count). The van der Waals surface area contributed by atoms with Crippen LogP contribution in [0.4, 0.5) is 0 Å². The molecule has 6 aromatic rings. The van der Waals surface area contributed by atoms with Gasteiger partial charge in [0.25, 0.3) is 0 Å². The van der Waals surface area contributed by atoms with E-state index in [0.717, 1.165) is 174 Å². The number of aromatic amines is 1. The van der Waals surface area contributed by atoms with Crippen LogP contribution >= 0.6 is 15.9 Å². The number of ether oxygens (including phenoxy) is 3. The molecular weight excluding hydrogens is 1430 g/mol. The maximum atomic E-state index is 13.8. The molecule has 12 aliphatic carbocycles. The molecule has 109 heavy (non-hydrogen) atoms. The summed E-state index contributed by atoms with van der Waals surface area (Å²) in [6.07, 6.45) is 42.3. The van der Waals surface area contributed by atoms with Gasteiger partial charge in [-0.05, 0) is 314 Å². The fraction of sp³-hybridized carbons (Fsp3) is 0.767. The number of pyridine rings is 3. The number of ketones is 3. The third kappa shape index (κ3) is 14.3. The Kier molecular flexibility index (Phi) is 22.1. The molecule has 0 bridgehead atoms. The van der Waals surface area contributed by atoms with Gasteiger partial charge in [-0.15, -0.1) is 0 Å². The van der Waals surface area contributed by atoms with Gasteiger partial charge in [0.2, 0.25) is 0 Å². The number of carbonyl (C=O) groups is 3. The van der Waals surface area contributed by atoms with Crippen molar-refractivity contribution in [3.05, 3.63) is 74.0 Å². The zero-order valence-electron chi connectivity index (χ0n) is 67.8. The molecule has 0 unspecified atom stereocenters. The van der Waals surface area contributed by atoms with Crippen molar-refractivity contribution >= 4 is 66.0 Å². The minimum Gasteiger partial charge on any atom is -0.390 e. The van der Waals surface area contributed by atoms with Gasteiger partial charge in [-0.3, -0.25) is 43.8 Å². The van der Waals surface area contributed by atoms with Crippen molar-refractivity contribution < 1.29 is 43.9 Å². The molecule has 4 N–H and O–H groups in total. The summed E-state index contributed by atoms with van der Waals surface area (Å²) in [5, 5.41) is 52.1. The molecule has 0 spiro atoms. The van der Waals surface area contributed by atoms with E-state index in [1.165, 1.54) is 38.5 Å². The first kappa shape index (κ1) is 79.3. The van der Waals surface area contributed by atoms with E-state index in [4.69, 9.17) is 14.2 Å². The van der Waals surface area contributed by atoms with Crippen molar-refractivity contribution in [1.29, 1.82) is 0 Å². The molecule has 18 nitrogen and oxygen atoms in total. The summed E-state index contributed by atoms with van der Waals surface area (Å²) in [6.45, 7) is 24.1. The lowest BCUT2D eigenvalue weighted by molar-refractivity contribution is -0.175. The highest BCUT2D eigenvalue weighted by molar-refractivity contribution is 9.09. The maximum Gasteiger partial charge on any atom is 0.157 e. The van der Waals surface area contributed by atoms with Gasteiger partial charge in [0.15, 0.2) is 11.6 Å². The average Bonchev–Trinajstić information content (AvgIpc) is 1.70. The SMILES string of the molecule is COC[C@H]1C[C@H]2C[C@](C)(O)CC[C@]2(C)[C@H]2CC[C@]3(C)[C@@H](C(=O)CBr)CC[C@H]3[C@H]12.COC[C@H]1C[C@H]2C[C@](C)(O)CC[C@]2(C)[C@H]2CC[C@]3(C)[C@@H](C(=O)Cn4cc5ccncc5n4)CC[C@H]3[C@H]12.COC[C@H]1C[C@H]2C[C@](C)(O)CC[C@]2(C)[C@H]2CC[C@]3(C)[C@@H](C(=O)Cn4ncc5ccncc54)CC[C@H]3[C@H]12.c1cc2cn[nH]c2cn1. The van der Waals surface area contributed by atoms with Gasteiger partial charge in [0.05, 0.1) is 70.7 Å². The van der Waals surface area contributed by atoms with Gasteiger partial charge in [-0.2, -0.15) is 15.3 Å². The van der Waals surface area contributed by atoms with Crippen LogP contribution in [0.1, 0.15) is 216 Å². The summed E-state index contributed by atoms with van der Waals surface area (Å²) in [7, 11) is 5.52. The number of rotatable bonds is 14. The molecule has 12 fully saturated rings. The van der Waals surface area contributed by atoms with Crippen molar-refractivity contribution in [2.75, 3.05) is 46.5 Å². The second-order valence-electron chi connectivity index (χ2n) is 40.3. The fourth-order valence-corrected chi connectivity index (χ4v) is 29.4. The standard InChI is InChI=1S/2C30H43N3O3.C24H39BrO3.C6H5N3/c1-28(35)10-11-29(2)21(14-28)13-20(18-36-4)27-23-6-5-22(30(23,3)9-7-24(27)29)26(34)17-33-16-19-8-12-31-15-25(19)32-33;1-28(35)10-11-29(2)21(14-28)13-20(18-36-4)27-23-6-5-22(30(23,3)9-7-24(27)29)26(34)17-33-25-16-31-12-8-19(25)15-32-33;1-22(27)9-10-23(2)16(12-22)11-15(14-28-4)21-18-6-5-17(20(26)13-25)24(18,3)8-7-19(21)23;1-2-7-4-6-5(1)3-8-9-6/h2*8,12,15-16,20-24,27,35H,5-7,9-11,13-14,17-18H2,1-4H3;15-19,21,27H,5-14H2,1-4H3;1-4H,(H,8,9)/t2*20-,21+,22-,23+,24+,27+,28-,29+,30-;15-,16+,17-,18+,19+,21+,22-,23+,24-;/m111./s1. The van der Waals surface area contributed by atoms with Crippen LogP contribution in [0.3, 0.4) is 0 Å². The molecule has 0 aromatic carbocycles. The monoisotopic (exact) mass is 1560 g/mol. The molecule has 0 saturated heterocycles. The number of methoxy groups -OCH3 is 3. The van der Waals surface area contributed by atoms with Gasteiger partial charge in [0, 0.05) is 99.8 Å². The second-order valence-corrected chi connectivity index (χ2v) is 40.9. The minimum absolute atomic E-state index is 0.0504. The number of alkyl halides is 1. The Hall–Kier alpha value is -4.89. The molecule has 6 heterocycles. The third-order valence-corrected chi connectivity index (χ3v) is 35.1. The van der Waals surface area contributed by atoms with Gasteiger partial charge in [-0.25, -0.2) is 0 Å². The van der Waals surface area contributed by atoms with E-state index in [1.54, 1.807) is 37.2 Å². The number of Topliss-reactive ketones (excluding diaryl/α,β-unsaturated/α-hetero) is 3. The number of hydrogen-bond acceptors (Lipinski definition) is 15. The maximum absolute atomic E-state index is 13.8. The summed E-state index contributed by atoms with van der Waals surface area (Å²) in [5.74, 6) is 10.6. The van der Waals surface area contributed by atoms with E-state index in [-0.39, 0.29) is 34.0 Å². The van der Waals surface area contributed by atoms with Crippen LogP contribution in [0, 0.1) is 139 Å². The van der Waals surface area contributed by atoms with Crippen molar-refractivity contribution in [1.82, 2.24) is 44.7 Å². The fourth-order valence-electron chi connectivity index (χ4n) is 29.0. The Morgan fingerprint density at radius 3 is 1.30 bits per heavy atom. The summed E-state index contributed by atoms with van der Waals surface area (Å²) >= 11 is 3.44. The van der Waals surface area contributed by atoms with Crippen LogP contribution < -0.4 is 0 Å². The smallest absolute Gasteiger partial charge is 0.157 e. The third-order valence-electron chi connectivity index (χ3n) is 34.5. The number of aromatic nitrogens is 9. The molecule has 12 aliphatic rings. The first-order valence-corrected chi connectivity index (χ1v) is 43.6. The van der Waals surface area contributed by atoms with E-state index < -0.39 is 16.8 Å². The van der Waals surface area contributed by atoms with Crippen molar-refractivity contribution in [2.45, 2.75) is 246 Å². The molecule has 596 valence electrons.